The van der Waals surface area contributed by atoms with Gasteiger partial charge < -0.3 is 0 Å². The van der Waals surface area contributed by atoms with Crippen LogP contribution in [0.15, 0.2) is 48.5 Å². The van der Waals surface area contributed by atoms with Crippen molar-refractivity contribution >= 4 is 0 Å². The number of hydrogen-bond donors (Lipinski definition) is 0. The molecule has 0 saturated carbocycles. The summed E-state index contributed by atoms with van der Waals surface area (Å²) in [5.74, 6) is -0.126. The zero-order valence-electron chi connectivity index (χ0n) is 8.70. The van der Waals surface area contributed by atoms with Crippen LogP contribution in [0.4, 0.5) is 4.39 Å². The molecule has 2 rings (SSSR count). The predicted molar refractivity (Wildman–Crippen MR) is 60.4 cm³/mol. The van der Waals surface area contributed by atoms with Gasteiger partial charge in [0.15, 0.2) is 0 Å². The fourth-order valence-electron chi connectivity index (χ4n) is 1.68. The van der Waals surface area contributed by atoms with E-state index in [-0.39, 0.29) is 5.82 Å². The van der Waals surface area contributed by atoms with E-state index in [4.69, 9.17) is 0 Å². The van der Waals surface area contributed by atoms with Gasteiger partial charge in [-0.05, 0) is 24.1 Å². The second-order valence-corrected chi connectivity index (χ2v) is 3.76. The minimum Gasteiger partial charge on any atom is -0.207 e. The van der Waals surface area contributed by atoms with Crippen LogP contribution in [0.2, 0.25) is 0 Å². The van der Waals surface area contributed by atoms with Gasteiger partial charge >= 0.3 is 0 Å². The zero-order valence-corrected chi connectivity index (χ0v) is 8.70. The molecule has 0 fully saturated rings. The normalized spacial score (nSPS) is 10.3. The molecule has 15 heavy (non-hydrogen) atoms. The molecule has 76 valence electrons. The fraction of sp³-hybridized carbons (Fsp3) is 0.143. The highest BCUT2D eigenvalue weighted by Gasteiger charge is 2.01. The Morgan fingerprint density at radius 2 is 1.80 bits per heavy atom. The van der Waals surface area contributed by atoms with Gasteiger partial charge in [-0.1, -0.05) is 48.0 Å². The summed E-state index contributed by atoms with van der Waals surface area (Å²) in [4.78, 5) is 0. The Bertz CT molecular complexity index is 460. The third-order valence-electron chi connectivity index (χ3n) is 2.43. The molecule has 0 aliphatic rings. The molecule has 0 N–H and O–H groups in total. The molecule has 0 aliphatic carbocycles. The lowest BCUT2D eigenvalue weighted by Gasteiger charge is -2.04. The number of halogens is 1. The maximum absolute atomic E-state index is 13.4. The van der Waals surface area contributed by atoms with Crippen LogP contribution >= 0.6 is 0 Å². The lowest BCUT2D eigenvalue weighted by molar-refractivity contribution is 0.614. The quantitative estimate of drug-likeness (QED) is 0.693. The van der Waals surface area contributed by atoms with Crippen LogP contribution in [-0.2, 0) is 6.42 Å². The van der Waals surface area contributed by atoms with Crippen molar-refractivity contribution in [3.8, 4) is 0 Å². The maximum atomic E-state index is 13.4. The predicted octanol–water partition coefficient (Wildman–Crippen LogP) is 3.72. The van der Waals surface area contributed by atoms with Crippen LogP contribution in [0.1, 0.15) is 16.7 Å². The smallest absolute Gasteiger partial charge is 0.126 e. The number of benzene rings is 2. The lowest BCUT2D eigenvalue weighted by atomic mass is 10.0. The SMILES string of the molecule is Cc1cccc(Cc2ccccc2F)c1. The van der Waals surface area contributed by atoms with Gasteiger partial charge in [0.1, 0.15) is 5.82 Å². The van der Waals surface area contributed by atoms with E-state index in [1.54, 1.807) is 6.07 Å². The molecular weight excluding hydrogens is 187 g/mol. The summed E-state index contributed by atoms with van der Waals surface area (Å²) in [6.45, 7) is 2.05. The van der Waals surface area contributed by atoms with Crippen molar-refractivity contribution in [2.45, 2.75) is 13.3 Å². The van der Waals surface area contributed by atoms with Crippen molar-refractivity contribution in [2.75, 3.05) is 0 Å². The second kappa shape index (κ2) is 4.26. The molecular formula is C14H13F. The highest BCUT2D eigenvalue weighted by atomic mass is 19.1. The Labute approximate surface area is 89.4 Å². The average molecular weight is 200 g/mol. The van der Waals surface area contributed by atoms with Crippen molar-refractivity contribution in [2.24, 2.45) is 0 Å². The summed E-state index contributed by atoms with van der Waals surface area (Å²) in [7, 11) is 0. The summed E-state index contributed by atoms with van der Waals surface area (Å²) >= 11 is 0. The minimum atomic E-state index is -0.126. The molecule has 0 atom stereocenters. The van der Waals surface area contributed by atoms with Crippen molar-refractivity contribution in [1.29, 1.82) is 0 Å². The molecule has 0 amide bonds. The first kappa shape index (κ1) is 9.91. The van der Waals surface area contributed by atoms with Gasteiger partial charge in [-0.3, -0.25) is 0 Å². The number of rotatable bonds is 2. The van der Waals surface area contributed by atoms with E-state index < -0.39 is 0 Å². The van der Waals surface area contributed by atoms with Crippen molar-refractivity contribution < 1.29 is 4.39 Å². The highest BCUT2D eigenvalue weighted by molar-refractivity contribution is 5.29. The summed E-state index contributed by atoms with van der Waals surface area (Å²) < 4.78 is 13.4. The van der Waals surface area contributed by atoms with E-state index in [2.05, 4.69) is 6.07 Å². The van der Waals surface area contributed by atoms with Gasteiger partial charge in [0.25, 0.3) is 0 Å². The number of hydrogen-bond acceptors (Lipinski definition) is 0. The van der Waals surface area contributed by atoms with Crippen molar-refractivity contribution in [3.05, 3.63) is 71.0 Å². The van der Waals surface area contributed by atoms with E-state index in [1.807, 2.05) is 37.3 Å². The molecule has 0 saturated heterocycles. The summed E-state index contributed by atoms with van der Waals surface area (Å²) in [6.07, 6.45) is 0.661. The van der Waals surface area contributed by atoms with E-state index in [0.29, 0.717) is 6.42 Å². The van der Waals surface area contributed by atoms with Crippen molar-refractivity contribution in [1.82, 2.24) is 0 Å². The molecule has 0 heterocycles. The third-order valence-corrected chi connectivity index (χ3v) is 2.43. The second-order valence-electron chi connectivity index (χ2n) is 3.76. The first-order valence-electron chi connectivity index (χ1n) is 5.04. The van der Waals surface area contributed by atoms with Gasteiger partial charge in [0.2, 0.25) is 0 Å². The van der Waals surface area contributed by atoms with E-state index in [0.717, 1.165) is 11.1 Å². The first-order valence-corrected chi connectivity index (χ1v) is 5.04. The van der Waals surface area contributed by atoms with E-state index >= 15 is 0 Å². The van der Waals surface area contributed by atoms with Gasteiger partial charge in [0, 0.05) is 6.42 Å². The van der Waals surface area contributed by atoms with E-state index in [1.165, 1.54) is 11.6 Å². The molecule has 0 nitrogen and oxygen atoms in total. The highest BCUT2D eigenvalue weighted by Crippen LogP contribution is 2.13. The minimum absolute atomic E-state index is 0.126. The molecule has 0 spiro atoms. The fourth-order valence-corrected chi connectivity index (χ4v) is 1.68. The largest absolute Gasteiger partial charge is 0.207 e. The van der Waals surface area contributed by atoms with Gasteiger partial charge in [0.05, 0.1) is 0 Å². The standard InChI is InChI=1S/C14H13F/c1-11-5-4-6-12(9-11)10-13-7-2-3-8-14(13)15/h2-9H,10H2,1H3. The van der Waals surface area contributed by atoms with Crippen molar-refractivity contribution in [3.63, 3.8) is 0 Å². The summed E-state index contributed by atoms with van der Waals surface area (Å²) in [6, 6.07) is 15.1. The van der Waals surface area contributed by atoms with Crippen LogP contribution in [0.5, 0.6) is 0 Å². The molecule has 2 aromatic rings. The molecule has 1 heteroatoms. The van der Waals surface area contributed by atoms with Gasteiger partial charge in [-0.25, -0.2) is 4.39 Å². The Morgan fingerprint density at radius 3 is 2.53 bits per heavy atom. The average Bonchev–Trinajstić information content (AvgIpc) is 2.22. The van der Waals surface area contributed by atoms with Gasteiger partial charge in [-0.2, -0.15) is 0 Å². The van der Waals surface area contributed by atoms with Crippen LogP contribution in [-0.4, -0.2) is 0 Å². The van der Waals surface area contributed by atoms with Gasteiger partial charge in [-0.15, -0.1) is 0 Å². The van der Waals surface area contributed by atoms with Crippen LogP contribution in [0.25, 0.3) is 0 Å². The molecule has 0 bridgehead atoms. The van der Waals surface area contributed by atoms with Crippen LogP contribution in [0.3, 0.4) is 0 Å². The van der Waals surface area contributed by atoms with E-state index in [9.17, 15) is 4.39 Å². The summed E-state index contributed by atoms with van der Waals surface area (Å²) in [5.41, 5.74) is 3.12. The zero-order chi connectivity index (χ0) is 10.7. The van der Waals surface area contributed by atoms with Crippen LogP contribution in [0, 0.1) is 12.7 Å². The molecule has 2 aromatic carbocycles. The third kappa shape index (κ3) is 2.44. The topological polar surface area (TPSA) is 0 Å². The molecule has 0 aromatic heterocycles. The molecule has 0 radical (unpaired) electrons. The van der Waals surface area contributed by atoms with Crippen LogP contribution < -0.4 is 0 Å². The Kier molecular flexibility index (Phi) is 2.82. The lowest BCUT2D eigenvalue weighted by Crippen LogP contribution is -1.92. The molecule has 0 unspecified atom stereocenters. The maximum Gasteiger partial charge on any atom is 0.126 e. The Morgan fingerprint density at radius 1 is 1.00 bits per heavy atom. The number of aryl methyl sites for hydroxylation is 1. The summed E-state index contributed by atoms with van der Waals surface area (Å²) in [5, 5.41) is 0. The first-order chi connectivity index (χ1) is 7.25. The Hall–Kier alpha value is -1.63. The Balaban J connectivity index is 2.26. The monoisotopic (exact) mass is 200 g/mol. The molecule has 0 aliphatic heterocycles.